The first-order valence-electron chi connectivity index (χ1n) is 3.90. The van der Waals surface area contributed by atoms with E-state index in [1.54, 1.807) is 41.2 Å². The molecule has 0 aromatic carbocycles. The van der Waals surface area contributed by atoms with Crippen LogP contribution in [0.4, 0.5) is 0 Å². The van der Waals surface area contributed by atoms with E-state index in [-0.39, 0.29) is 0 Å². The predicted molar refractivity (Wildman–Crippen MR) is 68.5 cm³/mol. The molecule has 14 heavy (non-hydrogen) atoms. The number of H-pyrrole nitrogens is 2. The Morgan fingerprint density at radius 3 is 1.64 bits per heavy atom. The van der Waals surface area contributed by atoms with Gasteiger partial charge in [0.25, 0.3) is 0 Å². The van der Waals surface area contributed by atoms with Crippen molar-refractivity contribution >= 4 is 41.2 Å². The second kappa shape index (κ2) is 5.75. The zero-order valence-electron chi connectivity index (χ0n) is 7.10. The molecule has 2 rings (SSSR count). The lowest BCUT2D eigenvalue weighted by atomic mass is 10.7. The molecule has 2 heterocycles. The molecule has 2 N–H and O–H groups in total. The fraction of sp³-hybridized carbons (Fsp3) is 0. The molecular weight excluding hydrogens is 252 g/mol. The topological polar surface area (TPSA) is 31.6 Å². The van der Waals surface area contributed by atoms with Crippen LogP contribution in [0.15, 0.2) is 46.7 Å². The van der Waals surface area contributed by atoms with Crippen LogP contribution in [-0.2, 0) is 0 Å². The monoisotopic (exact) mass is 260 g/mol. The van der Waals surface area contributed by atoms with Crippen molar-refractivity contribution in [1.82, 2.24) is 9.97 Å². The Balaban J connectivity index is 1.65. The summed E-state index contributed by atoms with van der Waals surface area (Å²) in [5.41, 5.74) is 0. The van der Waals surface area contributed by atoms with Crippen molar-refractivity contribution < 1.29 is 0 Å². The van der Waals surface area contributed by atoms with Gasteiger partial charge in [0.1, 0.15) is 0 Å². The molecule has 0 aliphatic carbocycles. The van der Waals surface area contributed by atoms with Gasteiger partial charge in [0, 0.05) is 12.4 Å². The van der Waals surface area contributed by atoms with E-state index in [0.717, 1.165) is 0 Å². The van der Waals surface area contributed by atoms with Gasteiger partial charge < -0.3 is 9.97 Å². The van der Waals surface area contributed by atoms with Gasteiger partial charge in [-0.3, -0.25) is 0 Å². The number of nitrogens with one attached hydrogen (secondary N) is 2. The Morgan fingerprint density at radius 1 is 0.786 bits per heavy atom. The lowest BCUT2D eigenvalue weighted by Gasteiger charge is -1.95. The second-order valence-corrected chi connectivity index (χ2v) is 8.12. The van der Waals surface area contributed by atoms with Gasteiger partial charge in [0.05, 0.1) is 10.1 Å². The van der Waals surface area contributed by atoms with Crippen molar-refractivity contribution in [1.29, 1.82) is 0 Å². The number of aromatic amines is 2. The van der Waals surface area contributed by atoms with Crippen LogP contribution in [-0.4, -0.2) is 9.97 Å². The van der Waals surface area contributed by atoms with E-state index in [4.69, 9.17) is 0 Å². The number of hydrogen-bond acceptors (Lipinski definition) is 4. The van der Waals surface area contributed by atoms with Crippen LogP contribution in [0.25, 0.3) is 0 Å². The highest BCUT2D eigenvalue weighted by molar-refractivity contribution is 9.26. The minimum atomic E-state index is 1.19. The van der Waals surface area contributed by atoms with Crippen molar-refractivity contribution in [2.24, 2.45) is 0 Å². The Kier molecular flexibility index (Phi) is 4.30. The minimum Gasteiger partial charge on any atom is -0.356 e. The Labute approximate surface area is 97.6 Å². The average molecular weight is 260 g/mol. The van der Waals surface area contributed by atoms with Crippen LogP contribution in [0.5, 0.6) is 0 Å². The summed E-state index contributed by atoms with van der Waals surface area (Å²) in [6.07, 6.45) is 3.87. The summed E-state index contributed by atoms with van der Waals surface area (Å²) in [5, 5.41) is 2.38. The van der Waals surface area contributed by atoms with Crippen molar-refractivity contribution in [3.8, 4) is 0 Å². The first-order chi connectivity index (χ1) is 6.95. The first kappa shape index (κ1) is 10.5. The normalized spacial score (nSPS) is 10.6. The number of aromatic nitrogens is 2. The Bertz CT molecular complexity index is 307. The van der Waals surface area contributed by atoms with E-state index < -0.39 is 0 Å². The highest BCUT2D eigenvalue weighted by Gasteiger charge is 1.97. The summed E-state index contributed by atoms with van der Waals surface area (Å²) < 4.78 is 0. The molecule has 0 aliphatic heterocycles. The highest BCUT2D eigenvalue weighted by atomic mass is 33.7. The summed E-state index contributed by atoms with van der Waals surface area (Å²) in [7, 11) is 6.99. The molecule has 6 heteroatoms. The van der Waals surface area contributed by atoms with Gasteiger partial charge >= 0.3 is 0 Å². The molecule has 0 radical (unpaired) electrons. The van der Waals surface area contributed by atoms with Gasteiger partial charge in [-0.15, -0.1) is 0 Å². The van der Waals surface area contributed by atoms with Crippen LogP contribution in [0, 0.1) is 0 Å². The minimum absolute atomic E-state index is 1.19. The molecule has 0 atom stereocenters. The molecule has 2 nitrogen and oxygen atoms in total. The van der Waals surface area contributed by atoms with Crippen LogP contribution in [0.2, 0.25) is 0 Å². The van der Waals surface area contributed by atoms with Crippen LogP contribution >= 0.6 is 41.2 Å². The molecule has 0 spiro atoms. The molecule has 0 saturated heterocycles. The van der Waals surface area contributed by atoms with Crippen molar-refractivity contribution in [2.75, 3.05) is 0 Å². The molecule has 0 unspecified atom stereocenters. The molecule has 0 fully saturated rings. The SMILES string of the molecule is c1c[nH]c(SSSSc2ccc[nH]2)c1. The molecule has 0 saturated carbocycles. The summed E-state index contributed by atoms with van der Waals surface area (Å²) in [4.78, 5) is 6.29. The van der Waals surface area contributed by atoms with E-state index >= 15 is 0 Å². The molecule has 0 aliphatic rings. The van der Waals surface area contributed by atoms with Gasteiger partial charge in [-0.2, -0.15) is 0 Å². The van der Waals surface area contributed by atoms with E-state index in [1.165, 1.54) is 10.1 Å². The van der Waals surface area contributed by atoms with E-state index in [2.05, 4.69) is 22.1 Å². The maximum atomic E-state index is 3.14. The number of rotatable bonds is 5. The van der Waals surface area contributed by atoms with Gasteiger partial charge in [-0.25, -0.2) is 0 Å². The van der Waals surface area contributed by atoms with Gasteiger partial charge in [0.2, 0.25) is 0 Å². The number of hydrogen-bond donors (Lipinski definition) is 2. The first-order valence-corrected chi connectivity index (χ1v) is 8.71. The molecule has 2 aromatic heterocycles. The van der Waals surface area contributed by atoms with Gasteiger partial charge in [0.15, 0.2) is 0 Å². The zero-order valence-corrected chi connectivity index (χ0v) is 10.4. The van der Waals surface area contributed by atoms with Crippen LogP contribution in [0.1, 0.15) is 0 Å². The van der Waals surface area contributed by atoms with Crippen molar-refractivity contribution in [3.63, 3.8) is 0 Å². The maximum absolute atomic E-state index is 3.14. The lowest BCUT2D eigenvalue weighted by Crippen LogP contribution is -1.61. The van der Waals surface area contributed by atoms with Gasteiger partial charge in [-0.1, -0.05) is 0 Å². The maximum Gasteiger partial charge on any atom is 0.0838 e. The zero-order chi connectivity index (χ0) is 9.64. The molecule has 0 amide bonds. The summed E-state index contributed by atoms with van der Waals surface area (Å²) in [6, 6.07) is 8.15. The van der Waals surface area contributed by atoms with E-state index in [1.807, 2.05) is 24.5 Å². The largest absolute Gasteiger partial charge is 0.356 e. The third-order valence-corrected chi connectivity index (χ3v) is 7.35. The van der Waals surface area contributed by atoms with E-state index in [9.17, 15) is 0 Å². The van der Waals surface area contributed by atoms with Crippen LogP contribution < -0.4 is 0 Å². The van der Waals surface area contributed by atoms with Crippen molar-refractivity contribution in [2.45, 2.75) is 10.1 Å². The van der Waals surface area contributed by atoms with Gasteiger partial charge in [-0.05, 0) is 65.5 Å². The van der Waals surface area contributed by atoms with E-state index in [0.29, 0.717) is 0 Å². The molecule has 0 bridgehead atoms. The fourth-order valence-corrected chi connectivity index (χ4v) is 6.08. The molecular formula is C8H8N2S4. The summed E-state index contributed by atoms with van der Waals surface area (Å²) >= 11 is 0. The second-order valence-electron chi connectivity index (χ2n) is 2.37. The third-order valence-electron chi connectivity index (χ3n) is 1.41. The Morgan fingerprint density at radius 2 is 1.29 bits per heavy atom. The summed E-state index contributed by atoms with van der Waals surface area (Å²) in [6.45, 7) is 0. The smallest absolute Gasteiger partial charge is 0.0838 e. The molecule has 74 valence electrons. The standard InChI is InChI=1S/C8H8N2S4/c1-3-7(9-5-1)11-13-14-12-8-4-2-6-10-8/h1-6,9-10H. The Hall–Kier alpha value is -0.0400. The average Bonchev–Trinajstić information content (AvgIpc) is 2.86. The third kappa shape index (κ3) is 3.27. The lowest BCUT2D eigenvalue weighted by molar-refractivity contribution is 1.21. The van der Waals surface area contributed by atoms with Crippen molar-refractivity contribution in [3.05, 3.63) is 36.7 Å². The molecule has 2 aromatic rings. The van der Waals surface area contributed by atoms with Crippen LogP contribution in [0.3, 0.4) is 0 Å². The fourth-order valence-electron chi connectivity index (χ4n) is 0.832. The predicted octanol–water partition coefficient (Wildman–Crippen LogP) is 4.44. The quantitative estimate of drug-likeness (QED) is 0.615. The highest BCUT2D eigenvalue weighted by Crippen LogP contribution is 2.48. The summed E-state index contributed by atoms with van der Waals surface area (Å²) in [5.74, 6) is 0.